The summed E-state index contributed by atoms with van der Waals surface area (Å²) in [5.74, 6) is -0.344. The third-order valence-corrected chi connectivity index (χ3v) is 6.68. The second-order valence-corrected chi connectivity index (χ2v) is 9.75. The first-order chi connectivity index (χ1) is 16.8. The van der Waals surface area contributed by atoms with Crippen molar-refractivity contribution in [3.63, 3.8) is 0 Å². The number of H-pyrrole nitrogens is 1. The van der Waals surface area contributed by atoms with Gasteiger partial charge in [0.05, 0.1) is 16.6 Å². The van der Waals surface area contributed by atoms with Gasteiger partial charge in [0.1, 0.15) is 0 Å². The summed E-state index contributed by atoms with van der Waals surface area (Å²) < 4.78 is 5.14. The molecule has 0 saturated carbocycles. The molecule has 3 aromatic rings. The van der Waals surface area contributed by atoms with Gasteiger partial charge in [-0.2, -0.15) is 0 Å². The zero-order valence-electron chi connectivity index (χ0n) is 20.5. The summed E-state index contributed by atoms with van der Waals surface area (Å²) in [5.41, 5.74) is 3.09. The van der Waals surface area contributed by atoms with Gasteiger partial charge in [0.25, 0.3) is 0 Å². The van der Waals surface area contributed by atoms with Crippen molar-refractivity contribution in [2.45, 2.75) is 33.2 Å². The van der Waals surface area contributed by atoms with Crippen LogP contribution in [0.15, 0.2) is 48.7 Å². The molecule has 0 radical (unpaired) electrons. The number of nitrogens with zero attached hydrogens (tertiary/aromatic N) is 2. The van der Waals surface area contributed by atoms with Gasteiger partial charge in [0.15, 0.2) is 0 Å². The molecule has 0 spiro atoms. The van der Waals surface area contributed by atoms with Crippen LogP contribution in [-0.2, 0) is 27.3 Å². The van der Waals surface area contributed by atoms with Crippen molar-refractivity contribution in [3.05, 3.63) is 69.8 Å². The number of hydrogen-bond donors (Lipinski definition) is 1. The Hall–Kier alpha value is -2.54. The lowest BCUT2D eigenvalue weighted by Crippen LogP contribution is -2.45. The van der Waals surface area contributed by atoms with Gasteiger partial charge in [-0.3, -0.25) is 9.59 Å². The summed E-state index contributed by atoms with van der Waals surface area (Å²) >= 11 is 12.3. The number of fused-ring (bicyclic) bond motifs is 1. The maximum atomic E-state index is 13.5. The first-order valence-corrected chi connectivity index (χ1v) is 12.6. The smallest absolute Gasteiger partial charge is 0.242 e. The van der Waals surface area contributed by atoms with Gasteiger partial charge in [0.2, 0.25) is 11.8 Å². The lowest BCUT2D eigenvalue weighted by molar-refractivity contribution is -0.142. The topological polar surface area (TPSA) is 65.6 Å². The number of benzene rings is 2. The van der Waals surface area contributed by atoms with Crippen LogP contribution in [0, 0.1) is 5.92 Å². The van der Waals surface area contributed by atoms with Crippen LogP contribution < -0.4 is 0 Å². The van der Waals surface area contributed by atoms with E-state index in [9.17, 15) is 9.59 Å². The Morgan fingerprint density at radius 3 is 2.51 bits per heavy atom. The van der Waals surface area contributed by atoms with Gasteiger partial charge in [-0.1, -0.05) is 61.3 Å². The number of methoxy groups -OCH3 is 1. The number of amides is 2. The highest BCUT2D eigenvalue weighted by Gasteiger charge is 2.23. The first kappa shape index (κ1) is 27.1. The van der Waals surface area contributed by atoms with Crippen LogP contribution in [0.3, 0.4) is 0 Å². The van der Waals surface area contributed by atoms with Crippen molar-refractivity contribution in [2.24, 2.45) is 5.92 Å². The Bertz CT molecular complexity index is 1150. The summed E-state index contributed by atoms with van der Waals surface area (Å²) in [7, 11) is 1.63. The number of aromatic nitrogens is 1. The van der Waals surface area contributed by atoms with Crippen molar-refractivity contribution in [2.75, 3.05) is 33.4 Å². The molecule has 0 saturated heterocycles. The number of carbonyl (C=O) groups excluding carboxylic acids is 2. The Balaban J connectivity index is 1.79. The number of hydrogen-bond acceptors (Lipinski definition) is 3. The van der Waals surface area contributed by atoms with Crippen LogP contribution in [0.2, 0.25) is 10.0 Å². The zero-order chi connectivity index (χ0) is 25.4. The molecule has 3 rings (SSSR count). The number of aromatic amines is 1. The summed E-state index contributed by atoms with van der Waals surface area (Å²) in [5, 5.41) is 2.06. The normalized spacial score (nSPS) is 11.3. The lowest BCUT2D eigenvalue weighted by atomic mass is 10.1. The van der Waals surface area contributed by atoms with Crippen LogP contribution in [-0.4, -0.2) is 59.9 Å². The van der Waals surface area contributed by atoms with Crippen LogP contribution in [0.4, 0.5) is 0 Å². The molecule has 0 aliphatic heterocycles. The summed E-state index contributed by atoms with van der Waals surface area (Å²) in [6.45, 7) is 5.60. The van der Waals surface area contributed by atoms with Gasteiger partial charge in [0, 0.05) is 56.4 Å². The molecule has 1 N–H and O–H groups in total. The molecule has 0 atom stereocenters. The fourth-order valence-electron chi connectivity index (χ4n) is 4.04. The standard InChI is InChI=1S/C27H33Cl2N3O3/c1-19(2)27(34)32(12-6-14-35-3)18-26(33)31(17-20-9-10-23(28)24(29)15-20)13-11-21-16-30-25-8-5-4-7-22(21)25/h4-5,7-10,15-16,19,30H,6,11-14,17-18H2,1-3H3. The van der Waals surface area contributed by atoms with Crippen LogP contribution in [0.5, 0.6) is 0 Å². The van der Waals surface area contributed by atoms with E-state index in [-0.39, 0.29) is 24.3 Å². The van der Waals surface area contributed by atoms with Gasteiger partial charge in [-0.25, -0.2) is 0 Å². The molecule has 2 aromatic carbocycles. The zero-order valence-corrected chi connectivity index (χ0v) is 22.0. The molecule has 2 amide bonds. The molecule has 0 bridgehead atoms. The fourth-order valence-corrected chi connectivity index (χ4v) is 4.36. The first-order valence-electron chi connectivity index (χ1n) is 11.8. The molecule has 6 nitrogen and oxygen atoms in total. The maximum Gasteiger partial charge on any atom is 0.242 e. The largest absolute Gasteiger partial charge is 0.385 e. The minimum Gasteiger partial charge on any atom is -0.385 e. The molecule has 0 unspecified atom stereocenters. The third kappa shape index (κ3) is 7.47. The number of rotatable bonds is 12. The second kappa shape index (κ2) is 13.0. The predicted molar refractivity (Wildman–Crippen MR) is 142 cm³/mol. The molecule has 188 valence electrons. The van der Waals surface area contributed by atoms with Gasteiger partial charge in [-0.15, -0.1) is 0 Å². The molecule has 8 heteroatoms. The van der Waals surface area contributed by atoms with Crippen molar-refractivity contribution >= 4 is 45.9 Å². The number of nitrogens with one attached hydrogen (secondary N) is 1. The highest BCUT2D eigenvalue weighted by molar-refractivity contribution is 6.42. The monoisotopic (exact) mass is 517 g/mol. The predicted octanol–water partition coefficient (Wildman–Crippen LogP) is 5.57. The Labute approximate surface area is 217 Å². The molecule has 0 aliphatic rings. The molecule has 0 aliphatic carbocycles. The Kier molecular flexibility index (Phi) is 10.0. The van der Waals surface area contributed by atoms with E-state index in [4.69, 9.17) is 27.9 Å². The summed E-state index contributed by atoms with van der Waals surface area (Å²) in [6.07, 6.45) is 3.34. The van der Waals surface area contributed by atoms with Crippen molar-refractivity contribution in [1.29, 1.82) is 0 Å². The van der Waals surface area contributed by atoms with E-state index in [0.717, 1.165) is 22.0 Å². The molecule has 0 fully saturated rings. The molecule has 1 heterocycles. The maximum absolute atomic E-state index is 13.5. The van der Waals surface area contributed by atoms with E-state index in [2.05, 4.69) is 11.1 Å². The number of ether oxygens (including phenoxy) is 1. The van der Waals surface area contributed by atoms with Crippen LogP contribution in [0.1, 0.15) is 31.4 Å². The quantitative estimate of drug-likeness (QED) is 0.319. The minimum absolute atomic E-state index is 0.0237. The van der Waals surface area contributed by atoms with Crippen molar-refractivity contribution in [3.8, 4) is 0 Å². The molecular formula is C27H33Cl2N3O3. The Morgan fingerprint density at radius 1 is 1.03 bits per heavy atom. The van der Waals surface area contributed by atoms with Gasteiger partial charge >= 0.3 is 0 Å². The minimum atomic E-state index is -0.194. The average molecular weight is 518 g/mol. The number of carbonyl (C=O) groups is 2. The fraction of sp³-hybridized carbons (Fsp3) is 0.407. The average Bonchev–Trinajstić information content (AvgIpc) is 3.26. The van der Waals surface area contributed by atoms with E-state index in [1.165, 1.54) is 0 Å². The van der Waals surface area contributed by atoms with Crippen LogP contribution in [0.25, 0.3) is 10.9 Å². The van der Waals surface area contributed by atoms with E-state index in [0.29, 0.717) is 49.1 Å². The molecule has 1 aromatic heterocycles. The second-order valence-electron chi connectivity index (χ2n) is 8.93. The molecule has 35 heavy (non-hydrogen) atoms. The van der Waals surface area contributed by atoms with E-state index < -0.39 is 0 Å². The van der Waals surface area contributed by atoms with E-state index >= 15 is 0 Å². The summed E-state index contributed by atoms with van der Waals surface area (Å²) in [4.78, 5) is 33.1. The summed E-state index contributed by atoms with van der Waals surface area (Å²) in [6, 6.07) is 13.5. The highest BCUT2D eigenvalue weighted by atomic mass is 35.5. The van der Waals surface area contributed by atoms with Crippen LogP contribution >= 0.6 is 23.2 Å². The number of halogens is 2. The van der Waals surface area contributed by atoms with Crippen molar-refractivity contribution < 1.29 is 14.3 Å². The van der Waals surface area contributed by atoms with Gasteiger partial charge < -0.3 is 19.5 Å². The van der Waals surface area contributed by atoms with E-state index in [1.54, 1.807) is 29.0 Å². The van der Waals surface area contributed by atoms with Crippen molar-refractivity contribution in [1.82, 2.24) is 14.8 Å². The SMILES string of the molecule is COCCCN(CC(=O)N(CCc1c[nH]c2ccccc12)Cc1ccc(Cl)c(Cl)c1)C(=O)C(C)C. The number of para-hydroxylation sites is 1. The third-order valence-electron chi connectivity index (χ3n) is 5.94. The lowest BCUT2D eigenvalue weighted by Gasteiger charge is -2.29. The Morgan fingerprint density at radius 2 is 1.80 bits per heavy atom. The molecular weight excluding hydrogens is 485 g/mol. The van der Waals surface area contributed by atoms with Gasteiger partial charge in [-0.05, 0) is 42.2 Å². The van der Waals surface area contributed by atoms with E-state index in [1.807, 2.05) is 44.3 Å². The highest BCUT2D eigenvalue weighted by Crippen LogP contribution is 2.24.